The van der Waals surface area contributed by atoms with Gasteiger partial charge in [-0.15, -0.1) is 0 Å². The van der Waals surface area contributed by atoms with Crippen molar-refractivity contribution in [2.45, 2.75) is 58.9 Å². The van der Waals surface area contributed by atoms with Crippen LogP contribution in [-0.2, 0) is 13.9 Å². The summed E-state index contributed by atoms with van der Waals surface area (Å²) in [5.74, 6) is 0.279. The zero-order valence-electron chi connectivity index (χ0n) is 14.0. The van der Waals surface area contributed by atoms with E-state index in [9.17, 15) is 0 Å². The van der Waals surface area contributed by atoms with Gasteiger partial charge in [0.15, 0.2) is 8.32 Å². The Morgan fingerprint density at radius 2 is 1.79 bits per heavy atom. The molecule has 0 N–H and O–H groups in total. The molecule has 0 rings (SSSR count). The Bertz CT molecular complexity index is 282. The molecule has 0 radical (unpaired) electrons. The molecule has 0 bridgehead atoms. The van der Waals surface area contributed by atoms with Gasteiger partial charge in [-0.2, -0.15) is 0 Å². The molecule has 0 spiro atoms. The SMILES string of the molecule is C=C(C)[C@@H](OCOC)[C@H](C)CO[Si](C)(C)C(C)(C)C. The van der Waals surface area contributed by atoms with Crippen LogP contribution in [0, 0.1) is 5.92 Å². The molecule has 0 fully saturated rings. The highest BCUT2D eigenvalue weighted by Crippen LogP contribution is 2.37. The standard InChI is InChI=1S/C15H32O3Si/c1-12(2)14(17-11-16-7)13(3)10-18-19(8,9)15(4,5)6/h13-14H,1,10-11H2,2-9H3/t13-,14-/m1/s1. The lowest BCUT2D eigenvalue weighted by molar-refractivity contribution is -0.0797. The quantitative estimate of drug-likeness (QED) is 0.380. The Morgan fingerprint density at radius 3 is 2.16 bits per heavy atom. The Balaban J connectivity index is 4.49. The second kappa shape index (κ2) is 7.57. The summed E-state index contributed by atoms with van der Waals surface area (Å²) >= 11 is 0. The lowest BCUT2D eigenvalue weighted by atomic mass is 10.0. The summed E-state index contributed by atoms with van der Waals surface area (Å²) in [6, 6.07) is 0. The van der Waals surface area contributed by atoms with Gasteiger partial charge in [-0.3, -0.25) is 0 Å². The van der Waals surface area contributed by atoms with Crippen LogP contribution in [-0.4, -0.2) is 34.9 Å². The maximum absolute atomic E-state index is 6.24. The highest BCUT2D eigenvalue weighted by Gasteiger charge is 2.37. The molecule has 0 aliphatic carbocycles. The van der Waals surface area contributed by atoms with Crippen molar-refractivity contribution in [1.29, 1.82) is 0 Å². The summed E-state index contributed by atoms with van der Waals surface area (Å²) in [5, 5.41) is 0.235. The topological polar surface area (TPSA) is 27.7 Å². The first-order chi connectivity index (χ1) is 8.53. The van der Waals surface area contributed by atoms with Crippen molar-refractivity contribution in [1.82, 2.24) is 0 Å². The molecule has 0 aromatic rings. The number of hydrogen-bond acceptors (Lipinski definition) is 3. The van der Waals surface area contributed by atoms with Gasteiger partial charge >= 0.3 is 0 Å². The van der Waals surface area contributed by atoms with Crippen LogP contribution in [0.2, 0.25) is 18.1 Å². The zero-order chi connectivity index (χ0) is 15.3. The second-order valence-corrected chi connectivity index (χ2v) is 11.7. The third-order valence-corrected chi connectivity index (χ3v) is 8.38. The summed E-state index contributed by atoms with van der Waals surface area (Å²) in [6.45, 7) is 20.4. The third-order valence-electron chi connectivity index (χ3n) is 3.88. The van der Waals surface area contributed by atoms with E-state index < -0.39 is 8.32 Å². The Morgan fingerprint density at radius 1 is 1.26 bits per heavy atom. The average molecular weight is 289 g/mol. The van der Waals surface area contributed by atoms with Crippen molar-refractivity contribution in [3.63, 3.8) is 0 Å². The zero-order valence-corrected chi connectivity index (χ0v) is 15.0. The fraction of sp³-hybridized carbons (Fsp3) is 0.867. The molecular weight excluding hydrogens is 256 g/mol. The van der Waals surface area contributed by atoms with Crippen molar-refractivity contribution in [3.8, 4) is 0 Å². The average Bonchev–Trinajstić information content (AvgIpc) is 2.25. The van der Waals surface area contributed by atoms with E-state index in [1.165, 1.54) is 0 Å². The smallest absolute Gasteiger partial charge is 0.191 e. The van der Waals surface area contributed by atoms with E-state index in [4.69, 9.17) is 13.9 Å². The molecular formula is C15H32O3Si. The van der Waals surface area contributed by atoms with Crippen LogP contribution in [0.3, 0.4) is 0 Å². The third kappa shape index (κ3) is 6.21. The number of rotatable bonds is 8. The fourth-order valence-corrected chi connectivity index (χ4v) is 2.69. The molecule has 114 valence electrons. The van der Waals surface area contributed by atoms with Gasteiger partial charge in [0.25, 0.3) is 0 Å². The van der Waals surface area contributed by atoms with E-state index >= 15 is 0 Å². The molecule has 0 aromatic carbocycles. The minimum Gasteiger partial charge on any atom is -0.416 e. The van der Waals surface area contributed by atoms with E-state index in [0.717, 1.165) is 5.57 Å². The molecule has 0 saturated carbocycles. The minimum atomic E-state index is -1.70. The largest absolute Gasteiger partial charge is 0.416 e. The van der Waals surface area contributed by atoms with Gasteiger partial charge in [0.2, 0.25) is 0 Å². The molecule has 3 nitrogen and oxygen atoms in total. The molecule has 0 aromatic heterocycles. The minimum absolute atomic E-state index is 0.00952. The molecule has 4 heteroatoms. The first-order valence-electron chi connectivity index (χ1n) is 6.93. The van der Waals surface area contributed by atoms with Gasteiger partial charge in [0.1, 0.15) is 6.79 Å². The van der Waals surface area contributed by atoms with E-state index in [2.05, 4.69) is 47.4 Å². The Hall–Kier alpha value is -0.163. The van der Waals surface area contributed by atoms with Gasteiger partial charge in [-0.05, 0) is 25.1 Å². The van der Waals surface area contributed by atoms with Crippen LogP contribution < -0.4 is 0 Å². The number of methoxy groups -OCH3 is 1. The van der Waals surface area contributed by atoms with Crippen LogP contribution in [0.4, 0.5) is 0 Å². The first-order valence-corrected chi connectivity index (χ1v) is 9.83. The van der Waals surface area contributed by atoms with E-state index in [0.29, 0.717) is 13.4 Å². The maximum Gasteiger partial charge on any atom is 0.191 e. The summed E-state index contributed by atoms with van der Waals surface area (Å²) in [5.41, 5.74) is 1.02. The molecule has 0 saturated heterocycles. The van der Waals surface area contributed by atoms with Crippen LogP contribution in [0.1, 0.15) is 34.6 Å². The highest BCUT2D eigenvalue weighted by molar-refractivity contribution is 6.74. The van der Waals surface area contributed by atoms with Crippen LogP contribution in [0.15, 0.2) is 12.2 Å². The van der Waals surface area contributed by atoms with Crippen molar-refractivity contribution in [3.05, 3.63) is 12.2 Å². The molecule has 19 heavy (non-hydrogen) atoms. The molecule has 0 heterocycles. The lowest BCUT2D eigenvalue weighted by Crippen LogP contribution is -2.43. The van der Waals surface area contributed by atoms with Crippen LogP contribution in [0.25, 0.3) is 0 Å². The lowest BCUT2D eigenvalue weighted by Gasteiger charge is -2.37. The van der Waals surface area contributed by atoms with E-state index in [1.807, 2.05) is 6.92 Å². The number of hydrogen-bond donors (Lipinski definition) is 0. The van der Waals surface area contributed by atoms with Gasteiger partial charge in [-0.25, -0.2) is 0 Å². The number of ether oxygens (including phenoxy) is 2. The van der Waals surface area contributed by atoms with E-state index in [1.54, 1.807) is 7.11 Å². The summed E-state index contributed by atoms with van der Waals surface area (Å²) in [6.07, 6.45) is -0.00952. The predicted octanol–water partition coefficient (Wildman–Crippen LogP) is 4.21. The second-order valence-electron chi connectivity index (χ2n) is 6.89. The molecule has 0 aliphatic heterocycles. The summed E-state index contributed by atoms with van der Waals surface area (Å²) in [7, 11) is -0.0648. The van der Waals surface area contributed by atoms with Gasteiger partial charge in [0, 0.05) is 19.6 Å². The Labute approximate surface area is 120 Å². The maximum atomic E-state index is 6.24. The molecule has 0 amide bonds. The normalized spacial score (nSPS) is 16.2. The molecule has 0 unspecified atom stereocenters. The van der Waals surface area contributed by atoms with E-state index in [-0.39, 0.29) is 17.1 Å². The monoisotopic (exact) mass is 288 g/mol. The van der Waals surface area contributed by atoms with Crippen LogP contribution >= 0.6 is 0 Å². The van der Waals surface area contributed by atoms with Gasteiger partial charge in [0.05, 0.1) is 6.10 Å². The first kappa shape index (κ1) is 18.8. The van der Waals surface area contributed by atoms with Gasteiger partial charge < -0.3 is 13.9 Å². The van der Waals surface area contributed by atoms with Crippen molar-refractivity contribution in [2.24, 2.45) is 5.92 Å². The van der Waals surface area contributed by atoms with Crippen molar-refractivity contribution < 1.29 is 13.9 Å². The van der Waals surface area contributed by atoms with Crippen molar-refractivity contribution >= 4 is 8.32 Å². The van der Waals surface area contributed by atoms with Gasteiger partial charge in [-0.1, -0.05) is 39.8 Å². The Kier molecular flexibility index (Phi) is 7.51. The molecule has 0 aliphatic rings. The summed E-state index contributed by atoms with van der Waals surface area (Å²) < 4.78 is 16.9. The van der Waals surface area contributed by atoms with Crippen LogP contribution in [0.5, 0.6) is 0 Å². The van der Waals surface area contributed by atoms with Crippen molar-refractivity contribution in [2.75, 3.05) is 20.5 Å². The summed E-state index contributed by atoms with van der Waals surface area (Å²) in [4.78, 5) is 0. The predicted molar refractivity (Wildman–Crippen MR) is 83.9 cm³/mol. The molecule has 2 atom stereocenters. The highest BCUT2D eigenvalue weighted by atomic mass is 28.4. The fourth-order valence-electron chi connectivity index (χ4n) is 1.58.